The quantitative estimate of drug-likeness (QED) is 0.651. The summed E-state index contributed by atoms with van der Waals surface area (Å²) in [4.78, 5) is 0. The zero-order chi connectivity index (χ0) is 11.8. The second-order valence-corrected chi connectivity index (χ2v) is 3.91. The van der Waals surface area contributed by atoms with E-state index in [-0.39, 0.29) is 0 Å². The smallest absolute Gasteiger partial charge is 0.184 e. The number of ether oxygens (including phenoxy) is 1. The molecular formula is C11H9ClN4O. The first-order chi connectivity index (χ1) is 8.33. The molecule has 0 aliphatic rings. The number of aromatic nitrogens is 4. The van der Waals surface area contributed by atoms with Crippen LogP contribution in [-0.4, -0.2) is 27.2 Å². The van der Waals surface area contributed by atoms with Crippen molar-refractivity contribution in [2.75, 3.05) is 7.11 Å². The van der Waals surface area contributed by atoms with Crippen LogP contribution in [0.1, 0.15) is 5.56 Å². The summed E-state index contributed by atoms with van der Waals surface area (Å²) in [7, 11) is 1.64. The van der Waals surface area contributed by atoms with Crippen LogP contribution >= 0.6 is 11.6 Å². The molecule has 0 saturated heterocycles. The van der Waals surface area contributed by atoms with Crippen LogP contribution in [0.5, 0.6) is 5.75 Å². The number of halogens is 1. The van der Waals surface area contributed by atoms with E-state index in [9.17, 15) is 0 Å². The summed E-state index contributed by atoms with van der Waals surface area (Å²) in [5, 5.41) is 12.6. The number of pyridine rings is 1. The molecule has 3 aromatic rings. The fourth-order valence-corrected chi connectivity index (χ4v) is 2.06. The first-order valence-corrected chi connectivity index (χ1v) is 5.60. The highest BCUT2D eigenvalue weighted by atomic mass is 35.5. The van der Waals surface area contributed by atoms with Crippen molar-refractivity contribution in [2.45, 2.75) is 5.88 Å². The number of alkyl halides is 1. The van der Waals surface area contributed by atoms with Gasteiger partial charge in [0.15, 0.2) is 5.65 Å². The minimum Gasteiger partial charge on any atom is -0.497 e. The van der Waals surface area contributed by atoms with Crippen molar-refractivity contribution >= 4 is 28.2 Å². The molecule has 0 N–H and O–H groups in total. The van der Waals surface area contributed by atoms with Gasteiger partial charge >= 0.3 is 0 Å². The van der Waals surface area contributed by atoms with E-state index in [4.69, 9.17) is 16.3 Å². The Hall–Kier alpha value is -1.88. The normalized spacial score (nSPS) is 11.2. The Kier molecular flexibility index (Phi) is 2.33. The Morgan fingerprint density at radius 3 is 3.00 bits per heavy atom. The monoisotopic (exact) mass is 248 g/mol. The van der Waals surface area contributed by atoms with Gasteiger partial charge in [0.05, 0.1) is 18.5 Å². The van der Waals surface area contributed by atoms with Gasteiger partial charge in [-0.3, -0.25) is 0 Å². The van der Waals surface area contributed by atoms with Gasteiger partial charge < -0.3 is 4.74 Å². The highest BCUT2D eigenvalue weighted by molar-refractivity contribution is 6.17. The zero-order valence-electron chi connectivity index (χ0n) is 9.09. The fraction of sp³-hybridized carbons (Fsp3) is 0.182. The van der Waals surface area contributed by atoms with Crippen LogP contribution < -0.4 is 4.74 Å². The lowest BCUT2D eigenvalue weighted by Gasteiger charge is -2.05. The van der Waals surface area contributed by atoms with Gasteiger partial charge in [0.2, 0.25) is 0 Å². The molecule has 2 heterocycles. The number of hydrogen-bond donors (Lipinski definition) is 0. The zero-order valence-corrected chi connectivity index (χ0v) is 9.85. The Morgan fingerprint density at radius 2 is 2.24 bits per heavy atom. The van der Waals surface area contributed by atoms with Crippen LogP contribution in [0.2, 0.25) is 0 Å². The highest BCUT2D eigenvalue weighted by Gasteiger charge is 2.09. The topological polar surface area (TPSA) is 52.3 Å². The summed E-state index contributed by atoms with van der Waals surface area (Å²) in [6.45, 7) is 0. The largest absolute Gasteiger partial charge is 0.497 e. The fourth-order valence-electron chi connectivity index (χ4n) is 1.87. The number of tetrazole rings is 1. The maximum Gasteiger partial charge on any atom is 0.184 e. The molecule has 0 saturated carbocycles. The minimum atomic E-state index is 0.372. The van der Waals surface area contributed by atoms with Crippen LogP contribution in [0, 0.1) is 0 Å². The van der Waals surface area contributed by atoms with E-state index in [1.165, 1.54) is 0 Å². The molecule has 0 fully saturated rings. The van der Waals surface area contributed by atoms with E-state index in [2.05, 4.69) is 15.5 Å². The van der Waals surface area contributed by atoms with Gasteiger partial charge in [-0.15, -0.1) is 16.7 Å². The molecule has 0 radical (unpaired) electrons. The van der Waals surface area contributed by atoms with E-state index in [1.807, 2.05) is 24.3 Å². The van der Waals surface area contributed by atoms with Gasteiger partial charge in [-0.1, -0.05) is 0 Å². The van der Waals surface area contributed by atoms with Gasteiger partial charge in [-0.2, -0.15) is 4.52 Å². The Labute approximate surface area is 102 Å². The molecule has 86 valence electrons. The van der Waals surface area contributed by atoms with Gasteiger partial charge in [0.1, 0.15) is 5.75 Å². The highest BCUT2D eigenvalue weighted by Crippen LogP contribution is 2.24. The molecule has 0 spiro atoms. The maximum atomic E-state index is 5.90. The molecule has 2 aromatic heterocycles. The van der Waals surface area contributed by atoms with Crippen molar-refractivity contribution in [1.29, 1.82) is 0 Å². The van der Waals surface area contributed by atoms with Crippen LogP contribution in [0.15, 0.2) is 24.3 Å². The summed E-state index contributed by atoms with van der Waals surface area (Å²) in [6, 6.07) is 7.72. The predicted molar refractivity (Wildman–Crippen MR) is 64.4 cm³/mol. The standard InChI is InChI=1S/C11H9ClN4O/c1-17-9-2-3-10-7(5-9)4-8(6-12)11-13-14-15-16(10)11/h2-5H,6H2,1H3. The molecule has 5 nitrogen and oxygen atoms in total. The molecular weight excluding hydrogens is 240 g/mol. The Morgan fingerprint density at radius 1 is 1.35 bits per heavy atom. The SMILES string of the molecule is COc1ccc2c(c1)cc(CCl)c1nnnn12. The molecule has 1 aromatic carbocycles. The lowest BCUT2D eigenvalue weighted by atomic mass is 10.1. The second-order valence-electron chi connectivity index (χ2n) is 3.64. The predicted octanol–water partition coefficient (Wildman–Crippen LogP) is 2.02. The van der Waals surface area contributed by atoms with Crippen molar-refractivity contribution in [3.63, 3.8) is 0 Å². The molecule has 17 heavy (non-hydrogen) atoms. The molecule has 0 aliphatic carbocycles. The molecule has 6 heteroatoms. The molecule has 0 atom stereocenters. The van der Waals surface area contributed by atoms with Crippen molar-refractivity contribution in [1.82, 2.24) is 20.0 Å². The maximum absolute atomic E-state index is 5.90. The number of fused-ring (bicyclic) bond motifs is 3. The summed E-state index contributed by atoms with van der Waals surface area (Å²) in [6.07, 6.45) is 0. The van der Waals surface area contributed by atoms with Crippen molar-refractivity contribution in [3.8, 4) is 5.75 Å². The van der Waals surface area contributed by atoms with Gasteiger partial charge in [-0.05, 0) is 34.7 Å². The lowest BCUT2D eigenvalue weighted by Crippen LogP contribution is -1.95. The van der Waals surface area contributed by atoms with Gasteiger partial charge in [0.25, 0.3) is 0 Å². The molecule has 0 amide bonds. The number of nitrogens with zero attached hydrogens (tertiary/aromatic N) is 4. The number of rotatable bonds is 2. The third-order valence-electron chi connectivity index (χ3n) is 2.69. The van der Waals surface area contributed by atoms with Crippen molar-refractivity contribution < 1.29 is 4.74 Å². The van der Waals surface area contributed by atoms with E-state index in [1.54, 1.807) is 11.6 Å². The lowest BCUT2D eigenvalue weighted by molar-refractivity contribution is 0.415. The van der Waals surface area contributed by atoms with Gasteiger partial charge in [0, 0.05) is 10.9 Å². The summed E-state index contributed by atoms with van der Waals surface area (Å²) in [5.41, 5.74) is 2.52. The average Bonchev–Trinajstić information content (AvgIpc) is 2.86. The average molecular weight is 249 g/mol. The summed E-state index contributed by atoms with van der Waals surface area (Å²) in [5.74, 6) is 1.17. The third kappa shape index (κ3) is 1.51. The first-order valence-electron chi connectivity index (χ1n) is 5.07. The number of benzene rings is 1. The molecule has 3 rings (SSSR count). The Balaban J connectivity index is 2.44. The summed E-state index contributed by atoms with van der Waals surface area (Å²) < 4.78 is 6.88. The van der Waals surface area contributed by atoms with Gasteiger partial charge in [-0.25, -0.2) is 0 Å². The van der Waals surface area contributed by atoms with Crippen LogP contribution in [0.3, 0.4) is 0 Å². The molecule has 0 bridgehead atoms. The minimum absolute atomic E-state index is 0.372. The van der Waals surface area contributed by atoms with Crippen LogP contribution in [0.25, 0.3) is 16.6 Å². The van der Waals surface area contributed by atoms with Crippen molar-refractivity contribution in [2.24, 2.45) is 0 Å². The van der Waals surface area contributed by atoms with E-state index in [0.717, 1.165) is 22.2 Å². The van der Waals surface area contributed by atoms with Crippen LogP contribution in [-0.2, 0) is 5.88 Å². The van der Waals surface area contributed by atoms with Crippen molar-refractivity contribution in [3.05, 3.63) is 29.8 Å². The summed E-state index contributed by atoms with van der Waals surface area (Å²) >= 11 is 5.90. The van der Waals surface area contributed by atoms with E-state index in [0.29, 0.717) is 11.5 Å². The van der Waals surface area contributed by atoms with E-state index >= 15 is 0 Å². The first kappa shape index (κ1) is 10.3. The number of methoxy groups -OCH3 is 1. The second kappa shape index (κ2) is 3.85. The van der Waals surface area contributed by atoms with E-state index < -0.39 is 0 Å². The van der Waals surface area contributed by atoms with Crippen LogP contribution in [0.4, 0.5) is 0 Å². The molecule has 0 aliphatic heterocycles. The Bertz CT molecular complexity index is 694. The number of hydrogen-bond acceptors (Lipinski definition) is 4. The molecule has 0 unspecified atom stereocenters. The third-order valence-corrected chi connectivity index (χ3v) is 2.98.